The first-order valence-electron chi connectivity index (χ1n) is 6.70. The van der Waals surface area contributed by atoms with Crippen molar-refractivity contribution in [3.05, 3.63) is 35.9 Å². The van der Waals surface area contributed by atoms with Crippen LogP contribution in [-0.2, 0) is 11.3 Å². The summed E-state index contributed by atoms with van der Waals surface area (Å²) in [5.41, 5.74) is -1.29. The summed E-state index contributed by atoms with van der Waals surface area (Å²) in [4.78, 5) is 13.7. The van der Waals surface area contributed by atoms with Gasteiger partial charge in [-0.3, -0.25) is 4.79 Å². The zero-order valence-corrected chi connectivity index (χ0v) is 11.6. The number of nitrogens with zero attached hydrogens (tertiary/aromatic N) is 1. The van der Waals surface area contributed by atoms with E-state index in [9.17, 15) is 18.0 Å². The van der Waals surface area contributed by atoms with E-state index in [-0.39, 0.29) is 25.4 Å². The van der Waals surface area contributed by atoms with E-state index in [1.807, 2.05) is 30.3 Å². The molecule has 0 unspecified atom stereocenters. The van der Waals surface area contributed by atoms with E-state index in [0.29, 0.717) is 0 Å². The fourth-order valence-corrected chi connectivity index (χ4v) is 2.29. The van der Waals surface area contributed by atoms with Crippen molar-refractivity contribution in [1.82, 2.24) is 4.90 Å². The number of carbonyl (C=O) groups excluding carboxylic acids is 1. The van der Waals surface area contributed by atoms with Gasteiger partial charge in [0, 0.05) is 12.6 Å². The van der Waals surface area contributed by atoms with Gasteiger partial charge in [0.2, 0.25) is 5.91 Å². The van der Waals surface area contributed by atoms with E-state index in [0.717, 1.165) is 5.56 Å². The van der Waals surface area contributed by atoms with Crippen molar-refractivity contribution >= 4 is 5.91 Å². The molecular weight excluding hydrogens is 267 g/mol. The van der Waals surface area contributed by atoms with Crippen LogP contribution >= 0.6 is 0 Å². The molecule has 1 aromatic carbocycles. The average molecular weight is 285 g/mol. The second kappa shape index (κ2) is 5.11. The molecule has 0 atom stereocenters. The van der Waals surface area contributed by atoms with Crippen LogP contribution in [-0.4, -0.2) is 23.0 Å². The third-order valence-corrected chi connectivity index (χ3v) is 3.78. The quantitative estimate of drug-likeness (QED) is 0.824. The molecule has 5 heteroatoms. The molecule has 2 nitrogen and oxygen atoms in total. The highest BCUT2D eigenvalue weighted by atomic mass is 19.4. The van der Waals surface area contributed by atoms with Gasteiger partial charge in [0.15, 0.2) is 0 Å². The monoisotopic (exact) mass is 285 g/mol. The van der Waals surface area contributed by atoms with Crippen LogP contribution < -0.4 is 0 Å². The highest BCUT2D eigenvalue weighted by Gasteiger charge is 2.69. The van der Waals surface area contributed by atoms with Crippen molar-refractivity contribution < 1.29 is 18.0 Å². The molecule has 0 heterocycles. The minimum atomic E-state index is -4.45. The van der Waals surface area contributed by atoms with Crippen molar-refractivity contribution in [3.63, 3.8) is 0 Å². The molecule has 20 heavy (non-hydrogen) atoms. The number of hydrogen-bond acceptors (Lipinski definition) is 1. The van der Waals surface area contributed by atoms with Gasteiger partial charge in [0.05, 0.1) is 0 Å². The molecule has 1 aromatic rings. The van der Waals surface area contributed by atoms with Crippen molar-refractivity contribution in [2.75, 3.05) is 0 Å². The fourth-order valence-electron chi connectivity index (χ4n) is 2.29. The summed E-state index contributed by atoms with van der Waals surface area (Å²) in [5, 5.41) is 0. The lowest BCUT2D eigenvalue weighted by molar-refractivity contribution is -0.199. The molecule has 0 bridgehead atoms. The molecule has 0 radical (unpaired) electrons. The van der Waals surface area contributed by atoms with Crippen molar-refractivity contribution in [1.29, 1.82) is 0 Å². The zero-order valence-electron chi connectivity index (χ0n) is 11.6. The Hall–Kier alpha value is -1.52. The Kier molecular flexibility index (Phi) is 3.80. The van der Waals surface area contributed by atoms with Gasteiger partial charge in [-0.25, -0.2) is 0 Å². The number of alkyl halides is 3. The lowest BCUT2D eigenvalue weighted by atomic mass is 10.0. The van der Waals surface area contributed by atoms with E-state index in [2.05, 4.69) is 0 Å². The topological polar surface area (TPSA) is 20.3 Å². The second-order valence-electron chi connectivity index (χ2n) is 5.59. The van der Waals surface area contributed by atoms with E-state index in [1.54, 1.807) is 13.8 Å². The molecule has 0 spiro atoms. The maximum absolute atomic E-state index is 13.1. The maximum atomic E-state index is 13.1. The third-order valence-electron chi connectivity index (χ3n) is 3.78. The van der Waals surface area contributed by atoms with E-state index in [4.69, 9.17) is 0 Å². The van der Waals surface area contributed by atoms with Gasteiger partial charge in [-0.1, -0.05) is 30.3 Å². The van der Waals surface area contributed by atoms with E-state index in [1.165, 1.54) is 4.90 Å². The zero-order chi connectivity index (χ0) is 15.0. The number of hydrogen-bond donors (Lipinski definition) is 0. The van der Waals surface area contributed by atoms with Gasteiger partial charge in [0.25, 0.3) is 0 Å². The van der Waals surface area contributed by atoms with Gasteiger partial charge in [-0.2, -0.15) is 13.2 Å². The van der Waals surface area contributed by atoms with Gasteiger partial charge in [0.1, 0.15) is 5.41 Å². The highest BCUT2D eigenvalue weighted by molar-refractivity contribution is 5.86. The number of halogens is 3. The van der Waals surface area contributed by atoms with Crippen molar-refractivity contribution in [3.8, 4) is 0 Å². The summed E-state index contributed by atoms with van der Waals surface area (Å²) in [6, 6.07) is 8.83. The first-order valence-corrected chi connectivity index (χ1v) is 6.70. The Balaban J connectivity index is 2.20. The van der Waals surface area contributed by atoms with Crippen molar-refractivity contribution in [2.24, 2.45) is 5.41 Å². The van der Waals surface area contributed by atoms with Crippen LogP contribution in [0.2, 0.25) is 0 Å². The minimum absolute atomic E-state index is 0.0899. The molecule has 1 aliphatic carbocycles. The molecule has 1 saturated carbocycles. The van der Waals surface area contributed by atoms with Crippen LogP contribution in [0.15, 0.2) is 30.3 Å². The normalized spacial score (nSPS) is 17.1. The summed E-state index contributed by atoms with van der Waals surface area (Å²) in [6.45, 7) is 3.70. The molecule has 0 saturated heterocycles. The molecule has 1 aliphatic rings. The Morgan fingerprint density at radius 3 is 2.20 bits per heavy atom. The Morgan fingerprint density at radius 1 is 1.25 bits per heavy atom. The summed E-state index contributed by atoms with van der Waals surface area (Å²) >= 11 is 0. The smallest absolute Gasteiger partial charge is 0.335 e. The fraction of sp³-hybridized carbons (Fsp3) is 0.533. The average Bonchev–Trinajstić information content (AvgIpc) is 3.17. The largest absolute Gasteiger partial charge is 0.403 e. The van der Waals surface area contributed by atoms with Gasteiger partial charge < -0.3 is 4.90 Å². The van der Waals surface area contributed by atoms with Crippen LogP contribution in [0.5, 0.6) is 0 Å². The highest BCUT2D eigenvalue weighted by Crippen LogP contribution is 2.58. The summed E-state index contributed by atoms with van der Waals surface area (Å²) in [6.07, 6.45) is -4.63. The predicted octanol–water partition coefficient (Wildman–Crippen LogP) is 3.77. The predicted molar refractivity (Wildman–Crippen MR) is 69.9 cm³/mol. The van der Waals surface area contributed by atoms with Crippen LogP contribution in [0.3, 0.4) is 0 Å². The molecule has 1 fully saturated rings. The number of benzene rings is 1. The van der Waals surface area contributed by atoms with Crippen LogP contribution in [0.1, 0.15) is 32.3 Å². The SMILES string of the molecule is CC(C)N(Cc1ccccc1)C(=O)C1(C(F)(F)F)CC1. The van der Waals surface area contributed by atoms with Crippen LogP contribution in [0, 0.1) is 5.41 Å². The third kappa shape index (κ3) is 2.67. The summed E-state index contributed by atoms with van der Waals surface area (Å²) in [5.74, 6) is -0.788. The summed E-state index contributed by atoms with van der Waals surface area (Å²) < 4.78 is 39.2. The molecule has 110 valence electrons. The lowest BCUT2D eigenvalue weighted by Crippen LogP contribution is -2.46. The number of amides is 1. The van der Waals surface area contributed by atoms with Gasteiger partial charge in [-0.15, -0.1) is 0 Å². The lowest BCUT2D eigenvalue weighted by Gasteiger charge is -2.31. The first kappa shape index (κ1) is 14.9. The molecule has 1 amide bonds. The Morgan fingerprint density at radius 2 is 1.80 bits per heavy atom. The molecule has 0 aliphatic heterocycles. The number of rotatable bonds is 4. The maximum Gasteiger partial charge on any atom is 0.403 e. The molecule has 0 N–H and O–H groups in total. The van der Waals surface area contributed by atoms with Gasteiger partial charge >= 0.3 is 6.18 Å². The molecule has 2 rings (SSSR count). The van der Waals surface area contributed by atoms with Crippen molar-refractivity contribution in [2.45, 2.75) is 45.5 Å². The first-order chi connectivity index (χ1) is 9.28. The summed E-state index contributed by atoms with van der Waals surface area (Å²) in [7, 11) is 0. The van der Waals surface area contributed by atoms with E-state index < -0.39 is 17.5 Å². The number of carbonyl (C=O) groups is 1. The molecular formula is C15H18F3NO. The second-order valence-corrected chi connectivity index (χ2v) is 5.59. The van der Waals surface area contributed by atoms with Crippen LogP contribution in [0.4, 0.5) is 13.2 Å². The molecule has 0 aromatic heterocycles. The van der Waals surface area contributed by atoms with E-state index >= 15 is 0 Å². The Labute approximate surface area is 116 Å². The Bertz CT molecular complexity index is 478. The minimum Gasteiger partial charge on any atom is -0.335 e. The van der Waals surface area contributed by atoms with Gasteiger partial charge in [-0.05, 0) is 32.3 Å². The van der Waals surface area contributed by atoms with Crippen LogP contribution in [0.25, 0.3) is 0 Å². The standard InChI is InChI=1S/C15H18F3NO/c1-11(2)19(10-12-6-4-3-5-7-12)13(20)14(8-9-14)15(16,17)18/h3-7,11H,8-10H2,1-2H3.